The molecule has 2 N–H and O–H groups in total. The fraction of sp³-hybridized carbons (Fsp3) is 0.857. The molecule has 64 valence electrons. The van der Waals surface area contributed by atoms with Crippen molar-refractivity contribution in [3.8, 4) is 0 Å². The van der Waals surface area contributed by atoms with Crippen LogP contribution in [0.2, 0.25) is 0 Å². The molecule has 1 aliphatic heterocycles. The second kappa shape index (κ2) is 3.19. The lowest BCUT2D eigenvalue weighted by molar-refractivity contribution is -0.135. The quantitative estimate of drug-likeness (QED) is 0.474. The molecule has 0 spiro atoms. The molecule has 1 amide bonds. The van der Waals surface area contributed by atoms with Crippen LogP contribution in [0.1, 0.15) is 13.3 Å². The first kappa shape index (κ1) is 8.49. The minimum atomic E-state index is -0.567. The first-order valence-corrected chi connectivity index (χ1v) is 3.71. The molecule has 1 saturated heterocycles. The van der Waals surface area contributed by atoms with Gasteiger partial charge >= 0.3 is 0 Å². The van der Waals surface area contributed by atoms with Crippen molar-refractivity contribution < 1.29 is 15.0 Å². The summed E-state index contributed by atoms with van der Waals surface area (Å²) in [5.41, 5.74) is 0. The Balaban J connectivity index is 2.49. The molecule has 0 aromatic heterocycles. The summed E-state index contributed by atoms with van der Waals surface area (Å²) in [7, 11) is 0. The molecule has 0 aromatic rings. The van der Waals surface area contributed by atoms with Crippen molar-refractivity contribution in [3.05, 3.63) is 0 Å². The molecule has 0 unspecified atom stereocenters. The predicted octanol–water partition coefficient (Wildman–Crippen LogP) is -1.04. The van der Waals surface area contributed by atoms with Gasteiger partial charge in [0.15, 0.2) is 0 Å². The zero-order valence-corrected chi connectivity index (χ0v) is 6.53. The van der Waals surface area contributed by atoms with Crippen molar-refractivity contribution in [2.75, 3.05) is 13.1 Å². The number of nitrogens with zero attached hydrogens (tertiary/aromatic N) is 1. The van der Waals surface area contributed by atoms with Gasteiger partial charge in [-0.2, -0.15) is 0 Å². The van der Waals surface area contributed by atoms with E-state index in [-0.39, 0.29) is 5.91 Å². The van der Waals surface area contributed by atoms with E-state index >= 15 is 0 Å². The molecule has 1 heterocycles. The Morgan fingerprint density at radius 1 is 1.36 bits per heavy atom. The third kappa shape index (κ3) is 2.17. The number of hydrogen-bond acceptors (Lipinski definition) is 3. The van der Waals surface area contributed by atoms with Gasteiger partial charge in [-0.05, 0) is 0 Å². The summed E-state index contributed by atoms with van der Waals surface area (Å²) in [5.74, 6) is -0.0946. The van der Waals surface area contributed by atoms with Gasteiger partial charge in [0.05, 0.1) is 12.2 Å². The summed E-state index contributed by atoms with van der Waals surface area (Å²) in [5, 5.41) is 18.3. The van der Waals surface area contributed by atoms with E-state index < -0.39 is 12.2 Å². The molecule has 0 aromatic carbocycles. The Hall–Kier alpha value is -0.610. The second-order valence-corrected chi connectivity index (χ2v) is 2.97. The summed E-state index contributed by atoms with van der Waals surface area (Å²) in [6.07, 6.45) is -0.755. The van der Waals surface area contributed by atoms with Crippen molar-refractivity contribution in [1.29, 1.82) is 0 Å². The van der Waals surface area contributed by atoms with E-state index in [1.54, 1.807) is 0 Å². The van der Waals surface area contributed by atoms with Crippen molar-refractivity contribution >= 4 is 5.91 Å². The van der Waals surface area contributed by atoms with E-state index in [1.165, 1.54) is 11.8 Å². The van der Waals surface area contributed by atoms with Gasteiger partial charge in [0.1, 0.15) is 0 Å². The number of likely N-dealkylation sites (tertiary alicyclic amines) is 1. The number of carbonyl (C=O) groups excluding carboxylic acids is 1. The van der Waals surface area contributed by atoms with Gasteiger partial charge in [0.2, 0.25) is 5.91 Å². The average molecular weight is 159 g/mol. The van der Waals surface area contributed by atoms with Crippen molar-refractivity contribution in [3.63, 3.8) is 0 Å². The van der Waals surface area contributed by atoms with Gasteiger partial charge in [-0.3, -0.25) is 4.79 Å². The SMILES string of the molecule is CC(=O)N1C[C@H](O)C[C@@H](O)C1. The van der Waals surface area contributed by atoms with Crippen LogP contribution in [0, 0.1) is 0 Å². The van der Waals surface area contributed by atoms with E-state index in [0.29, 0.717) is 19.5 Å². The largest absolute Gasteiger partial charge is 0.391 e. The highest BCUT2D eigenvalue weighted by molar-refractivity contribution is 5.73. The topological polar surface area (TPSA) is 60.8 Å². The summed E-state index contributed by atoms with van der Waals surface area (Å²) in [6.45, 7) is 2.14. The van der Waals surface area contributed by atoms with Crippen LogP contribution < -0.4 is 0 Å². The van der Waals surface area contributed by atoms with Gasteiger partial charge in [0.25, 0.3) is 0 Å². The van der Waals surface area contributed by atoms with Gasteiger partial charge in [-0.15, -0.1) is 0 Å². The van der Waals surface area contributed by atoms with Gasteiger partial charge in [-0.1, -0.05) is 0 Å². The standard InChI is InChI=1S/C7H13NO3/c1-5(9)8-3-6(10)2-7(11)4-8/h6-7,10-11H,2-4H2,1H3/t6-,7-/m1/s1. The average Bonchev–Trinajstić information content (AvgIpc) is 1.85. The fourth-order valence-corrected chi connectivity index (χ4v) is 1.30. The monoisotopic (exact) mass is 159 g/mol. The number of aliphatic hydroxyl groups excluding tert-OH is 2. The Bertz CT molecular complexity index is 150. The first-order chi connectivity index (χ1) is 5.09. The van der Waals surface area contributed by atoms with Crippen LogP contribution in [-0.4, -0.2) is 46.3 Å². The molecular formula is C7H13NO3. The molecular weight excluding hydrogens is 146 g/mol. The molecule has 0 radical (unpaired) electrons. The molecule has 4 heteroatoms. The zero-order valence-electron chi connectivity index (χ0n) is 6.53. The lowest BCUT2D eigenvalue weighted by Crippen LogP contribution is -2.47. The maximum absolute atomic E-state index is 10.8. The van der Waals surface area contributed by atoms with E-state index in [4.69, 9.17) is 10.2 Å². The summed E-state index contributed by atoms with van der Waals surface area (Å²) in [4.78, 5) is 12.3. The Morgan fingerprint density at radius 2 is 1.82 bits per heavy atom. The Morgan fingerprint density at radius 3 is 2.18 bits per heavy atom. The number of piperidine rings is 1. The van der Waals surface area contributed by atoms with Crippen molar-refractivity contribution in [2.45, 2.75) is 25.6 Å². The smallest absolute Gasteiger partial charge is 0.219 e. The highest BCUT2D eigenvalue weighted by Gasteiger charge is 2.25. The molecule has 2 atom stereocenters. The molecule has 0 aliphatic carbocycles. The van der Waals surface area contributed by atoms with Crippen LogP contribution in [0.5, 0.6) is 0 Å². The number of rotatable bonds is 0. The highest BCUT2D eigenvalue weighted by Crippen LogP contribution is 2.10. The fourth-order valence-electron chi connectivity index (χ4n) is 1.30. The maximum atomic E-state index is 10.8. The van der Waals surface area contributed by atoms with Gasteiger partial charge in [0, 0.05) is 26.4 Å². The van der Waals surface area contributed by atoms with Crippen LogP contribution in [0.4, 0.5) is 0 Å². The Kier molecular flexibility index (Phi) is 2.46. The molecule has 11 heavy (non-hydrogen) atoms. The summed E-state index contributed by atoms with van der Waals surface area (Å²) >= 11 is 0. The van der Waals surface area contributed by atoms with Gasteiger partial charge in [-0.25, -0.2) is 0 Å². The lowest BCUT2D eigenvalue weighted by atomic mass is 10.1. The maximum Gasteiger partial charge on any atom is 0.219 e. The van der Waals surface area contributed by atoms with Crippen LogP contribution >= 0.6 is 0 Å². The minimum Gasteiger partial charge on any atom is -0.391 e. The lowest BCUT2D eigenvalue weighted by Gasteiger charge is -2.32. The summed E-state index contributed by atoms with van der Waals surface area (Å²) < 4.78 is 0. The third-order valence-electron chi connectivity index (χ3n) is 1.85. The van der Waals surface area contributed by atoms with E-state index in [2.05, 4.69) is 0 Å². The summed E-state index contributed by atoms with van der Waals surface area (Å²) in [6, 6.07) is 0. The second-order valence-electron chi connectivity index (χ2n) is 2.97. The number of β-amino-alcohol motifs (C(OH)–C–C–N with tert-alkyl or cyclic N) is 2. The minimum absolute atomic E-state index is 0.0946. The molecule has 0 saturated carbocycles. The van der Waals surface area contributed by atoms with Crippen molar-refractivity contribution in [2.24, 2.45) is 0 Å². The molecule has 0 bridgehead atoms. The van der Waals surface area contributed by atoms with Gasteiger partial charge < -0.3 is 15.1 Å². The van der Waals surface area contributed by atoms with Crippen LogP contribution in [0.25, 0.3) is 0 Å². The van der Waals surface area contributed by atoms with Crippen molar-refractivity contribution in [1.82, 2.24) is 4.90 Å². The molecule has 1 rings (SSSR count). The number of carbonyl (C=O) groups is 1. The van der Waals surface area contributed by atoms with Crippen LogP contribution in [0.3, 0.4) is 0 Å². The van der Waals surface area contributed by atoms with E-state index in [1.807, 2.05) is 0 Å². The Labute approximate surface area is 65.4 Å². The highest BCUT2D eigenvalue weighted by atomic mass is 16.3. The zero-order chi connectivity index (χ0) is 8.43. The first-order valence-electron chi connectivity index (χ1n) is 3.71. The normalized spacial score (nSPS) is 32.1. The number of hydrogen-bond donors (Lipinski definition) is 2. The molecule has 4 nitrogen and oxygen atoms in total. The van der Waals surface area contributed by atoms with E-state index in [9.17, 15) is 4.79 Å². The molecule has 1 fully saturated rings. The van der Waals surface area contributed by atoms with Crippen LogP contribution in [-0.2, 0) is 4.79 Å². The number of amides is 1. The third-order valence-corrected chi connectivity index (χ3v) is 1.85. The predicted molar refractivity (Wildman–Crippen MR) is 38.9 cm³/mol. The van der Waals surface area contributed by atoms with Crippen LogP contribution in [0.15, 0.2) is 0 Å². The number of aliphatic hydroxyl groups is 2. The molecule has 1 aliphatic rings. The van der Waals surface area contributed by atoms with E-state index in [0.717, 1.165) is 0 Å².